The van der Waals surface area contributed by atoms with Crippen molar-refractivity contribution in [2.45, 2.75) is 27.2 Å². The van der Waals surface area contributed by atoms with Crippen LogP contribution in [0.5, 0.6) is 0 Å². The summed E-state index contributed by atoms with van der Waals surface area (Å²) in [4.78, 5) is 5.08. The quantitative estimate of drug-likeness (QED) is 0.817. The molecule has 0 unspecified atom stereocenters. The fraction of sp³-hybridized carbons (Fsp3) is 0.417. The van der Waals surface area contributed by atoms with Gasteiger partial charge in [0.25, 0.3) is 5.89 Å². The Labute approximate surface area is 104 Å². The van der Waals surface area contributed by atoms with Crippen molar-refractivity contribution in [2.24, 2.45) is 5.41 Å². The summed E-state index contributed by atoms with van der Waals surface area (Å²) >= 11 is 1.44. The fourth-order valence-corrected chi connectivity index (χ4v) is 2.22. The molecule has 0 aliphatic carbocycles. The van der Waals surface area contributed by atoms with Crippen molar-refractivity contribution in [3.63, 3.8) is 0 Å². The first-order chi connectivity index (χ1) is 7.99. The second-order valence-electron chi connectivity index (χ2n) is 5.03. The predicted octanol–water partition coefficient (Wildman–Crippen LogP) is 3.26. The molecule has 0 radical (unpaired) electrons. The molecule has 0 aliphatic rings. The highest BCUT2D eigenvalue weighted by molar-refractivity contribution is 7.13. The smallest absolute Gasteiger partial charge is 0.269 e. The van der Waals surface area contributed by atoms with Gasteiger partial charge in [-0.1, -0.05) is 25.9 Å². The third-order valence-electron chi connectivity index (χ3n) is 2.14. The van der Waals surface area contributed by atoms with Crippen LogP contribution in [-0.2, 0) is 6.42 Å². The summed E-state index contributed by atoms with van der Waals surface area (Å²) in [7, 11) is 0. The zero-order chi connectivity index (χ0) is 12.5. The molecule has 5 heteroatoms. The molecular formula is C12H13N3OS. The highest BCUT2D eigenvalue weighted by atomic mass is 32.1. The molecule has 0 fully saturated rings. The van der Waals surface area contributed by atoms with Gasteiger partial charge in [-0.05, 0) is 16.9 Å². The van der Waals surface area contributed by atoms with E-state index in [-0.39, 0.29) is 5.41 Å². The molecule has 0 amide bonds. The summed E-state index contributed by atoms with van der Waals surface area (Å²) in [5, 5.41) is 14.7. The maximum atomic E-state index is 8.93. The molecule has 4 nitrogen and oxygen atoms in total. The van der Waals surface area contributed by atoms with Crippen LogP contribution in [0, 0.1) is 16.7 Å². The molecule has 0 saturated carbocycles. The normalized spacial score (nSPS) is 11.4. The summed E-state index contributed by atoms with van der Waals surface area (Å²) < 4.78 is 5.20. The lowest BCUT2D eigenvalue weighted by molar-refractivity contribution is 0.375. The van der Waals surface area contributed by atoms with Crippen LogP contribution >= 0.6 is 11.3 Å². The minimum atomic E-state index is 0.120. The number of thiophene rings is 1. The van der Waals surface area contributed by atoms with E-state index in [1.165, 1.54) is 11.3 Å². The van der Waals surface area contributed by atoms with E-state index in [1.807, 2.05) is 5.38 Å². The van der Waals surface area contributed by atoms with E-state index in [0.29, 0.717) is 17.3 Å². The SMILES string of the molecule is CC(C)(C)Cc1noc(-c2sccc2C#N)n1. The predicted molar refractivity (Wildman–Crippen MR) is 65.5 cm³/mol. The zero-order valence-electron chi connectivity index (χ0n) is 10.0. The van der Waals surface area contributed by atoms with Crippen LogP contribution in [0.2, 0.25) is 0 Å². The summed E-state index contributed by atoms with van der Waals surface area (Å²) in [5.41, 5.74) is 0.704. The lowest BCUT2D eigenvalue weighted by atomic mass is 9.92. The molecule has 88 valence electrons. The number of aromatic nitrogens is 2. The monoisotopic (exact) mass is 247 g/mol. The minimum Gasteiger partial charge on any atom is -0.333 e. The molecule has 2 aromatic rings. The molecule has 2 rings (SSSR count). The van der Waals surface area contributed by atoms with Gasteiger partial charge in [0.2, 0.25) is 0 Å². The van der Waals surface area contributed by atoms with Gasteiger partial charge >= 0.3 is 0 Å². The van der Waals surface area contributed by atoms with Crippen LogP contribution in [0.3, 0.4) is 0 Å². The first kappa shape index (κ1) is 11.8. The van der Waals surface area contributed by atoms with E-state index < -0.39 is 0 Å². The molecule has 0 spiro atoms. The minimum absolute atomic E-state index is 0.120. The van der Waals surface area contributed by atoms with Crippen LogP contribution < -0.4 is 0 Å². The summed E-state index contributed by atoms with van der Waals surface area (Å²) in [6.07, 6.45) is 0.754. The van der Waals surface area contributed by atoms with E-state index in [2.05, 4.69) is 37.0 Å². The summed E-state index contributed by atoms with van der Waals surface area (Å²) in [6, 6.07) is 3.87. The molecule has 0 aromatic carbocycles. The van der Waals surface area contributed by atoms with Gasteiger partial charge in [-0.3, -0.25) is 0 Å². The van der Waals surface area contributed by atoms with Gasteiger partial charge in [-0.2, -0.15) is 10.2 Å². The van der Waals surface area contributed by atoms with Crippen molar-refractivity contribution >= 4 is 11.3 Å². The largest absolute Gasteiger partial charge is 0.333 e. The Balaban J connectivity index is 2.28. The molecule has 0 saturated heterocycles. The van der Waals surface area contributed by atoms with E-state index >= 15 is 0 Å². The number of hydrogen-bond donors (Lipinski definition) is 0. The molecule has 0 atom stereocenters. The molecule has 0 bridgehead atoms. The standard InChI is InChI=1S/C12H13N3OS/c1-12(2,3)6-9-14-11(16-15-9)10-8(7-13)4-5-17-10/h4-5H,6H2,1-3H3. The van der Waals surface area contributed by atoms with Crippen molar-refractivity contribution in [1.82, 2.24) is 10.1 Å². The lowest BCUT2D eigenvalue weighted by Gasteiger charge is -2.14. The molecule has 0 N–H and O–H groups in total. The lowest BCUT2D eigenvalue weighted by Crippen LogP contribution is -2.10. The van der Waals surface area contributed by atoms with Crippen molar-refractivity contribution in [3.05, 3.63) is 22.8 Å². The van der Waals surface area contributed by atoms with E-state index in [9.17, 15) is 0 Å². The Kier molecular flexibility index (Phi) is 2.99. The third-order valence-corrected chi connectivity index (χ3v) is 3.04. The second kappa shape index (κ2) is 4.30. The van der Waals surface area contributed by atoms with Crippen LogP contribution in [0.15, 0.2) is 16.0 Å². The number of nitriles is 1. The average molecular weight is 247 g/mol. The fourth-order valence-electron chi connectivity index (χ4n) is 1.46. The highest BCUT2D eigenvalue weighted by Crippen LogP contribution is 2.28. The van der Waals surface area contributed by atoms with Crippen molar-refractivity contribution in [2.75, 3.05) is 0 Å². The van der Waals surface area contributed by atoms with E-state index in [1.54, 1.807) is 6.07 Å². The molecule has 17 heavy (non-hydrogen) atoms. The van der Waals surface area contributed by atoms with Crippen LogP contribution in [0.1, 0.15) is 32.2 Å². The number of nitrogens with zero attached hydrogens (tertiary/aromatic N) is 3. The zero-order valence-corrected chi connectivity index (χ0v) is 10.8. The average Bonchev–Trinajstić information content (AvgIpc) is 2.81. The van der Waals surface area contributed by atoms with Gasteiger partial charge < -0.3 is 4.52 Å². The molecule has 2 heterocycles. The first-order valence-electron chi connectivity index (χ1n) is 5.30. The van der Waals surface area contributed by atoms with Gasteiger partial charge in [0, 0.05) is 6.42 Å². The van der Waals surface area contributed by atoms with Gasteiger partial charge in [-0.25, -0.2) is 0 Å². The Bertz CT molecular complexity index is 557. The Hall–Kier alpha value is -1.67. The van der Waals surface area contributed by atoms with Crippen molar-refractivity contribution < 1.29 is 4.52 Å². The molecular weight excluding hydrogens is 234 g/mol. The van der Waals surface area contributed by atoms with Crippen LogP contribution in [0.25, 0.3) is 10.8 Å². The Morgan fingerprint density at radius 1 is 1.47 bits per heavy atom. The van der Waals surface area contributed by atoms with Crippen LogP contribution in [-0.4, -0.2) is 10.1 Å². The topological polar surface area (TPSA) is 62.7 Å². The summed E-state index contributed by atoms with van der Waals surface area (Å²) in [5.74, 6) is 1.13. The maximum absolute atomic E-state index is 8.93. The Morgan fingerprint density at radius 2 is 2.24 bits per heavy atom. The van der Waals surface area contributed by atoms with Gasteiger partial charge in [-0.15, -0.1) is 11.3 Å². The molecule has 0 aliphatic heterocycles. The first-order valence-corrected chi connectivity index (χ1v) is 6.18. The second-order valence-corrected chi connectivity index (χ2v) is 5.94. The number of hydrogen-bond acceptors (Lipinski definition) is 5. The maximum Gasteiger partial charge on any atom is 0.269 e. The highest BCUT2D eigenvalue weighted by Gasteiger charge is 2.18. The summed E-state index contributed by atoms with van der Waals surface area (Å²) in [6.45, 7) is 6.36. The third kappa shape index (κ3) is 2.71. The number of rotatable bonds is 2. The van der Waals surface area contributed by atoms with Gasteiger partial charge in [0.15, 0.2) is 5.82 Å². The van der Waals surface area contributed by atoms with Crippen LogP contribution in [0.4, 0.5) is 0 Å². The van der Waals surface area contributed by atoms with E-state index in [0.717, 1.165) is 11.3 Å². The van der Waals surface area contributed by atoms with E-state index in [4.69, 9.17) is 9.78 Å². The molecule has 2 aromatic heterocycles. The Morgan fingerprint density at radius 3 is 2.88 bits per heavy atom. The van der Waals surface area contributed by atoms with Crippen molar-refractivity contribution in [3.8, 4) is 16.8 Å². The van der Waals surface area contributed by atoms with Crippen molar-refractivity contribution in [1.29, 1.82) is 5.26 Å². The van der Waals surface area contributed by atoms with Gasteiger partial charge in [0.05, 0.1) is 5.56 Å². The van der Waals surface area contributed by atoms with Gasteiger partial charge in [0.1, 0.15) is 10.9 Å².